The highest BCUT2D eigenvalue weighted by molar-refractivity contribution is 5.93. The van der Waals surface area contributed by atoms with Crippen molar-refractivity contribution >= 4 is 21.8 Å². The van der Waals surface area contributed by atoms with Crippen molar-refractivity contribution in [2.75, 3.05) is 0 Å². The van der Waals surface area contributed by atoms with Crippen LogP contribution in [0.5, 0.6) is 0 Å². The van der Waals surface area contributed by atoms with Crippen LogP contribution in [0.2, 0.25) is 0 Å². The molecule has 0 aliphatic heterocycles. The summed E-state index contributed by atoms with van der Waals surface area (Å²) in [6.45, 7) is 0. The van der Waals surface area contributed by atoms with E-state index in [0.717, 1.165) is 5.52 Å². The molecule has 0 aliphatic carbocycles. The highest BCUT2D eigenvalue weighted by Gasteiger charge is 2.05. The minimum atomic E-state index is -0.325. The number of nitrogens with zero attached hydrogens (tertiary/aromatic N) is 1. The van der Waals surface area contributed by atoms with E-state index in [2.05, 4.69) is 20.2 Å². The standard InChI is InChI=1S/C9H6N4O2/c14-8-4-1-6-7(11-3-10-6)2-5(4)9(15)13-12-8/h1-3H,(H,10,11)(H,12,14)(H,13,15). The summed E-state index contributed by atoms with van der Waals surface area (Å²) in [7, 11) is 0. The Balaban J connectivity index is 2.71. The monoisotopic (exact) mass is 202 g/mol. The van der Waals surface area contributed by atoms with Gasteiger partial charge in [0.05, 0.1) is 28.1 Å². The summed E-state index contributed by atoms with van der Waals surface area (Å²) in [6.07, 6.45) is 1.52. The van der Waals surface area contributed by atoms with Crippen LogP contribution in [0.25, 0.3) is 21.8 Å². The zero-order valence-electron chi connectivity index (χ0n) is 7.50. The molecule has 3 N–H and O–H groups in total. The molecule has 15 heavy (non-hydrogen) atoms. The Labute approximate surface area is 82.0 Å². The van der Waals surface area contributed by atoms with E-state index in [1.807, 2.05) is 0 Å². The van der Waals surface area contributed by atoms with Crippen molar-refractivity contribution in [2.24, 2.45) is 0 Å². The third kappa shape index (κ3) is 1.01. The number of hydrogen-bond acceptors (Lipinski definition) is 3. The minimum Gasteiger partial charge on any atom is -0.345 e. The summed E-state index contributed by atoms with van der Waals surface area (Å²) < 4.78 is 0. The van der Waals surface area contributed by atoms with Crippen LogP contribution in [-0.2, 0) is 0 Å². The molecule has 1 aromatic carbocycles. The normalized spacial score (nSPS) is 11.2. The molecule has 0 fully saturated rings. The smallest absolute Gasteiger partial charge is 0.270 e. The zero-order valence-corrected chi connectivity index (χ0v) is 7.50. The van der Waals surface area contributed by atoms with E-state index in [1.54, 1.807) is 12.1 Å². The molecule has 0 aliphatic rings. The SMILES string of the molecule is O=c1[nH][nH]c(=O)c2cc3[nH]cnc3cc12. The third-order valence-electron chi connectivity index (χ3n) is 2.34. The van der Waals surface area contributed by atoms with Gasteiger partial charge in [-0.3, -0.25) is 19.8 Å². The van der Waals surface area contributed by atoms with Crippen molar-refractivity contribution in [3.63, 3.8) is 0 Å². The Kier molecular flexibility index (Phi) is 1.37. The van der Waals surface area contributed by atoms with Crippen LogP contribution in [-0.4, -0.2) is 20.2 Å². The lowest BCUT2D eigenvalue weighted by Gasteiger charge is -1.95. The van der Waals surface area contributed by atoms with Crippen LogP contribution in [0.15, 0.2) is 28.0 Å². The average Bonchev–Trinajstić information content (AvgIpc) is 2.69. The van der Waals surface area contributed by atoms with Crippen molar-refractivity contribution in [2.45, 2.75) is 0 Å². The number of hydrogen-bond donors (Lipinski definition) is 3. The molecule has 6 heteroatoms. The Morgan fingerprint density at radius 1 is 1.00 bits per heavy atom. The maximum absolute atomic E-state index is 11.4. The molecule has 3 rings (SSSR count). The van der Waals surface area contributed by atoms with E-state index in [1.165, 1.54) is 6.33 Å². The number of fused-ring (bicyclic) bond motifs is 2. The van der Waals surface area contributed by atoms with Crippen molar-refractivity contribution in [3.8, 4) is 0 Å². The molecule has 74 valence electrons. The topological polar surface area (TPSA) is 94.4 Å². The first-order valence-electron chi connectivity index (χ1n) is 4.33. The number of nitrogens with one attached hydrogen (secondary N) is 3. The second kappa shape index (κ2) is 2.57. The third-order valence-corrected chi connectivity index (χ3v) is 2.34. The van der Waals surface area contributed by atoms with Crippen molar-refractivity contribution in [1.29, 1.82) is 0 Å². The average molecular weight is 202 g/mol. The van der Waals surface area contributed by atoms with Gasteiger partial charge in [-0.15, -0.1) is 0 Å². The maximum Gasteiger partial charge on any atom is 0.270 e. The van der Waals surface area contributed by atoms with Crippen LogP contribution in [0.4, 0.5) is 0 Å². The van der Waals surface area contributed by atoms with E-state index >= 15 is 0 Å². The molecule has 0 amide bonds. The predicted molar refractivity (Wildman–Crippen MR) is 54.8 cm³/mol. The van der Waals surface area contributed by atoms with Gasteiger partial charge in [-0.05, 0) is 12.1 Å². The lowest BCUT2D eigenvalue weighted by molar-refractivity contribution is 0.977. The Hall–Kier alpha value is -2.37. The van der Waals surface area contributed by atoms with E-state index in [4.69, 9.17) is 0 Å². The highest BCUT2D eigenvalue weighted by atomic mass is 16.1. The molecule has 2 aromatic heterocycles. The second-order valence-corrected chi connectivity index (χ2v) is 3.23. The number of rotatable bonds is 0. The van der Waals surface area contributed by atoms with Gasteiger partial charge in [0.1, 0.15) is 0 Å². The number of aromatic amines is 3. The molecular formula is C9H6N4O2. The molecule has 0 spiro atoms. The molecule has 6 nitrogen and oxygen atoms in total. The Morgan fingerprint density at radius 2 is 1.67 bits per heavy atom. The van der Waals surface area contributed by atoms with Gasteiger partial charge in [0.25, 0.3) is 11.1 Å². The molecule has 0 bridgehead atoms. The lowest BCUT2D eigenvalue weighted by Crippen LogP contribution is -2.18. The number of aromatic nitrogens is 4. The largest absolute Gasteiger partial charge is 0.345 e. The quantitative estimate of drug-likeness (QED) is 0.482. The van der Waals surface area contributed by atoms with Gasteiger partial charge in [-0.2, -0.15) is 0 Å². The summed E-state index contributed by atoms with van der Waals surface area (Å²) in [6, 6.07) is 3.21. The summed E-state index contributed by atoms with van der Waals surface area (Å²) in [4.78, 5) is 29.8. The van der Waals surface area contributed by atoms with E-state index in [-0.39, 0.29) is 11.1 Å². The summed E-state index contributed by atoms with van der Waals surface area (Å²) >= 11 is 0. The van der Waals surface area contributed by atoms with Gasteiger partial charge < -0.3 is 4.98 Å². The molecule has 3 aromatic rings. The van der Waals surface area contributed by atoms with Crippen LogP contribution in [0.3, 0.4) is 0 Å². The predicted octanol–water partition coefficient (Wildman–Crippen LogP) is 0.0927. The van der Waals surface area contributed by atoms with Crippen molar-refractivity contribution in [1.82, 2.24) is 20.2 Å². The fourth-order valence-electron chi connectivity index (χ4n) is 1.61. The van der Waals surface area contributed by atoms with Crippen LogP contribution in [0, 0.1) is 0 Å². The molecule has 0 unspecified atom stereocenters. The first-order valence-corrected chi connectivity index (χ1v) is 4.33. The van der Waals surface area contributed by atoms with E-state index < -0.39 is 0 Å². The fourth-order valence-corrected chi connectivity index (χ4v) is 1.61. The van der Waals surface area contributed by atoms with Gasteiger partial charge in [-0.25, -0.2) is 4.98 Å². The minimum absolute atomic E-state index is 0.318. The molecule has 0 radical (unpaired) electrons. The Morgan fingerprint density at radius 3 is 2.40 bits per heavy atom. The summed E-state index contributed by atoms with van der Waals surface area (Å²) in [5.74, 6) is 0. The number of imidazole rings is 1. The van der Waals surface area contributed by atoms with Gasteiger partial charge in [0.15, 0.2) is 0 Å². The van der Waals surface area contributed by atoms with Gasteiger partial charge in [0, 0.05) is 0 Å². The van der Waals surface area contributed by atoms with Crippen molar-refractivity contribution < 1.29 is 0 Å². The molecular weight excluding hydrogens is 196 g/mol. The molecule has 0 saturated carbocycles. The fraction of sp³-hybridized carbons (Fsp3) is 0. The highest BCUT2D eigenvalue weighted by Crippen LogP contribution is 2.13. The van der Waals surface area contributed by atoms with Crippen LogP contribution in [0.1, 0.15) is 0 Å². The summed E-state index contributed by atoms with van der Waals surface area (Å²) in [5, 5.41) is 5.24. The van der Waals surface area contributed by atoms with Gasteiger partial charge >= 0.3 is 0 Å². The molecule has 0 saturated heterocycles. The van der Waals surface area contributed by atoms with Gasteiger partial charge in [-0.1, -0.05) is 0 Å². The van der Waals surface area contributed by atoms with Crippen molar-refractivity contribution in [3.05, 3.63) is 39.2 Å². The molecule has 2 heterocycles. The first kappa shape index (κ1) is 7.98. The summed E-state index contributed by atoms with van der Waals surface area (Å²) in [5.41, 5.74) is 0.757. The van der Waals surface area contributed by atoms with Gasteiger partial charge in [0.2, 0.25) is 0 Å². The first-order chi connectivity index (χ1) is 7.25. The lowest BCUT2D eigenvalue weighted by atomic mass is 10.2. The zero-order chi connectivity index (χ0) is 10.4. The van der Waals surface area contributed by atoms with Crippen LogP contribution < -0.4 is 11.1 Å². The van der Waals surface area contributed by atoms with E-state index in [0.29, 0.717) is 16.3 Å². The maximum atomic E-state index is 11.4. The van der Waals surface area contributed by atoms with E-state index in [9.17, 15) is 9.59 Å². The number of H-pyrrole nitrogens is 3. The molecule has 0 atom stereocenters. The van der Waals surface area contributed by atoms with Crippen LogP contribution >= 0.6 is 0 Å². The number of benzene rings is 1. The second-order valence-electron chi connectivity index (χ2n) is 3.23. The Bertz CT molecular complexity index is 701.